The van der Waals surface area contributed by atoms with E-state index in [2.05, 4.69) is 4.98 Å². The zero-order valence-corrected chi connectivity index (χ0v) is 14.9. The third kappa shape index (κ3) is 4.36. The van der Waals surface area contributed by atoms with Crippen LogP contribution in [0.25, 0.3) is 0 Å². The maximum Gasteiger partial charge on any atom is 0.293 e. The smallest absolute Gasteiger partial charge is 0.293 e. The SMILES string of the molecule is CN(CCc1ccccn1)c1ccc(C(=O)c2ccccc2)cc1[N+](=O)[O-]. The average Bonchev–Trinajstić information content (AvgIpc) is 2.72. The summed E-state index contributed by atoms with van der Waals surface area (Å²) in [4.78, 5) is 29.8. The monoisotopic (exact) mass is 361 g/mol. The van der Waals surface area contributed by atoms with Crippen molar-refractivity contribution >= 4 is 17.2 Å². The molecule has 0 spiro atoms. The van der Waals surface area contributed by atoms with Crippen molar-refractivity contribution in [3.05, 3.63) is 99.9 Å². The number of nitrogens with zero attached hydrogens (tertiary/aromatic N) is 3. The van der Waals surface area contributed by atoms with Gasteiger partial charge in [-0.3, -0.25) is 19.9 Å². The molecule has 0 fully saturated rings. The van der Waals surface area contributed by atoms with Crippen LogP contribution >= 0.6 is 0 Å². The van der Waals surface area contributed by atoms with Gasteiger partial charge in [0, 0.05) is 49.1 Å². The second-order valence-electron chi connectivity index (χ2n) is 6.15. The van der Waals surface area contributed by atoms with Gasteiger partial charge in [0.2, 0.25) is 0 Å². The third-order valence-electron chi connectivity index (χ3n) is 4.31. The van der Waals surface area contributed by atoms with Crippen LogP contribution in [0.5, 0.6) is 0 Å². The number of anilines is 1. The van der Waals surface area contributed by atoms with Crippen molar-refractivity contribution in [2.45, 2.75) is 6.42 Å². The lowest BCUT2D eigenvalue weighted by Gasteiger charge is -2.19. The van der Waals surface area contributed by atoms with Crippen LogP contribution in [-0.4, -0.2) is 29.3 Å². The lowest BCUT2D eigenvalue weighted by atomic mass is 10.0. The maximum atomic E-state index is 12.6. The van der Waals surface area contributed by atoms with Crippen LogP contribution in [-0.2, 0) is 6.42 Å². The standard InChI is InChI=1S/C21H19N3O3/c1-23(14-12-18-9-5-6-13-22-18)19-11-10-17(15-20(19)24(26)27)21(25)16-7-3-2-4-8-16/h2-11,13,15H,12,14H2,1H3. The molecule has 0 aliphatic carbocycles. The first-order valence-corrected chi connectivity index (χ1v) is 8.55. The largest absolute Gasteiger partial charge is 0.369 e. The van der Waals surface area contributed by atoms with Crippen molar-refractivity contribution in [2.75, 3.05) is 18.5 Å². The van der Waals surface area contributed by atoms with E-state index in [-0.39, 0.29) is 11.5 Å². The molecule has 3 rings (SSSR count). The van der Waals surface area contributed by atoms with Gasteiger partial charge in [-0.15, -0.1) is 0 Å². The Bertz CT molecular complexity index is 943. The molecule has 0 unspecified atom stereocenters. The van der Waals surface area contributed by atoms with E-state index in [9.17, 15) is 14.9 Å². The van der Waals surface area contributed by atoms with E-state index in [1.165, 1.54) is 6.07 Å². The molecular weight excluding hydrogens is 342 g/mol. The number of hydrogen-bond donors (Lipinski definition) is 0. The van der Waals surface area contributed by atoms with E-state index in [1.54, 1.807) is 49.6 Å². The van der Waals surface area contributed by atoms with E-state index in [1.807, 2.05) is 29.2 Å². The Morgan fingerprint density at radius 2 is 1.78 bits per heavy atom. The molecule has 0 bridgehead atoms. The quantitative estimate of drug-likeness (QED) is 0.362. The van der Waals surface area contributed by atoms with Crippen LogP contribution in [0.4, 0.5) is 11.4 Å². The Balaban J connectivity index is 1.83. The van der Waals surface area contributed by atoms with Gasteiger partial charge in [0.15, 0.2) is 5.78 Å². The first-order valence-electron chi connectivity index (χ1n) is 8.55. The van der Waals surface area contributed by atoms with Crippen molar-refractivity contribution in [3.8, 4) is 0 Å². The van der Waals surface area contributed by atoms with E-state index < -0.39 is 4.92 Å². The second kappa shape index (κ2) is 8.23. The number of likely N-dealkylation sites (N-methyl/N-ethyl adjacent to an activating group) is 1. The Morgan fingerprint density at radius 3 is 2.44 bits per heavy atom. The minimum absolute atomic E-state index is 0.0831. The summed E-state index contributed by atoms with van der Waals surface area (Å²) in [6, 6.07) is 19.0. The van der Waals surface area contributed by atoms with Crippen LogP contribution in [0, 0.1) is 10.1 Å². The molecule has 0 saturated carbocycles. The third-order valence-corrected chi connectivity index (χ3v) is 4.31. The highest BCUT2D eigenvalue weighted by Gasteiger charge is 2.20. The summed E-state index contributed by atoms with van der Waals surface area (Å²) in [5.74, 6) is -0.235. The summed E-state index contributed by atoms with van der Waals surface area (Å²) in [5, 5.41) is 11.6. The van der Waals surface area contributed by atoms with Gasteiger partial charge in [-0.05, 0) is 24.3 Å². The molecule has 27 heavy (non-hydrogen) atoms. The zero-order valence-electron chi connectivity index (χ0n) is 14.9. The summed E-state index contributed by atoms with van der Waals surface area (Å²) >= 11 is 0. The van der Waals surface area contributed by atoms with Crippen molar-refractivity contribution < 1.29 is 9.72 Å². The van der Waals surface area contributed by atoms with Crippen LogP contribution in [0.2, 0.25) is 0 Å². The number of nitro benzene ring substituents is 1. The maximum absolute atomic E-state index is 12.6. The Labute approximate surface area is 157 Å². The molecule has 0 atom stereocenters. The summed E-state index contributed by atoms with van der Waals surface area (Å²) in [7, 11) is 1.80. The van der Waals surface area contributed by atoms with Crippen molar-refractivity contribution in [1.29, 1.82) is 0 Å². The molecule has 1 heterocycles. The van der Waals surface area contributed by atoms with Gasteiger partial charge >= 0.3 is 0 Å². The minimum atomic E-state index is -0.450. The van der Waals surface area contributed by atoms with E-state index in [0.29, 0.717) is 29.8 Å². The molecule has 3 aromatic rings. The molecule has 0 amide bonds. The first kappa shape index (κ1) is 18.3. The summed E-state index contributed by atoms with van der Waals surface area (Å²) in [5.41, 5.74) is 2.11. The van der Waals surface area contributed by atoms with E-state index in [0.717, 1.165) is 5.69 Å². The predicted molar refractivity (Wildman–Crippen MR) is 104 cm³/mol. The summed E-state index contributed by atoms with van der Waals surface area (Å²) < 4.78 is 0. The average molecular weight is 361 g/mol. The molecular formula is C21H19N3O3. The fourth-order valence-corrected chi connectivity index (χ4v) is 2.84. The van der Waals surface area contributed by atoms with Crippen LogP contribution in [0.3, 0.4) is 0 Å². The number of carbonyl (C=O) groups is 1. The van der Waals surface area contributed by atoms with Gasteiger partial charge < -0.3 is 4.90 Å². The number of rotatable bonds is 7. The number of aromatic nitrogens is 1. The van der Waals surface area contributed by atoms with E-state index in [4.69, 9.17) is 0 Å². The number of ketones is 1. The molecule has 2 aromatic carbocycles. The van der Waals surface area contributed by atoms with Crippen molar-refractivity contribution in [2.24, 2.45) is 0 Å². The topological polar surface area (TPSA) is 76.3 Å². The van der Waals surface area contributed by atoms with Gasteiger partial charge in [-0.2, -0.15) is 0 Å². The lowest BCUT2D eigenvalue weighted by molar-refractivity contribution is -0.384. The number of carbonyl (C=O) groups excluding carboxylic acids is 1. The van der Waals surface area contributed by atoms with Gasteiger partial charge in [0.25, 0.3) is 5.69 Å². The fourth-order valence-electron chi connectivity index (χ4n) is 2.84. The lowest BCUT2D eigenvalue weighted by Crippen LogP contribution is -2.22. The van der Waals surface area contributed by atoms with Crippen molar-refractivity contribution in [3.63, 3.8) is 0 Å². The van der Waals surface area contributed by atoms with Crippen LogP contribution in [0.1, 0.15) is 21.6 Å². The van der Waals surface area contributed by atoms with Gasteiger partial charge in [0.05, 0.1) is 4.92 Å². The van der Waals surface area contributed by atoms with Crippen molar-refractivity contribution in [1.82, 2.24) is 4.98 Å². The highest BCUT2D eigenvalue weighted by Crippen LogP contribution is 2.29. The number of pyridine rings is 1. The first-order chi connectivity index (χ1) is 13.1. The molecule has 1 aromatic heterocycles. The molecule has 0 radical (unpaired) electrons. The fraction of sp³-hybridized carbons (Fsp3) is 0.143. The number of hydrogen-bond acceptors (Lipinski definition) is 5. The molecule has 0 N–H and O–H groups in total. The second-order valence-corrected chi connectivity index (χ2v) is 6.15. The zero-order chi connectivity index (χ0) is 19.2. The Morgan fingerprint density at radius 1 is 1.04 bits per heavy atom. The highest BCUT2D eigenvalue weighted by atomic mass is 16.6. The molecule has 136 valence electrons. The van der Waals surface area contributed by atoms with Crippen LogP contribution < -0.4 is 4.90 Å². The highest BCUT2D eigenvalue weighted by molar-refractivity contribution is 6.09. The Kier molecular flexibility index (Phi) is 5.56. The molecule has 6 nitrogen and oxygen atoms in total. The predicted octanol–water partition coefficient (Wildman–Crippen LogP) is 3.90. The van der Waals surface area contributed by atoms with Crippen LogP contribution in [0.15, 0.2) is 72.9 Å². The van der Waals surface area contributed by atoms with Gasteiger partial charge in [-0.25, -0.2) is 0 Å². The molecule has 0 saturated heterocycles. The summed E-state index contributed by atoms with van der Waals surface area (Å²) in [6.45, 7) is 0.573. The molecule has 0 aliphatic heterocycles. The number of nitro groups is 1. The van der Waals surface area contributed by atoms with Gasteiger partial charge in [-0.1, -0.05) is 36.4 Å². The Hall–Kier alpha value is -3.54. The van der Waals surface area contributed by atoms with E-state index >= 15 is 0 Å². The summed E-state index contributed by atoms with van der Waals surface area (Å²) in [6.07, 6.45) is 2.39. The van der Waals surface area contributed by atoms with Gasteiger partial charge in [0.1, 0.15) is 5.69 Å². The molecule has 6 heteroatoms. The molecule has 0 aliphatic rings. The normalized spacial score (nSPS) is 10.4. The minimum Gasteiger partial charge on any atom is -0.369 e. The number of benzene rings is 2.